The number of amides is 1. The number of pyridine rings is 2. The summed E-state index contributed by atoms with van der Waals surface area (Å²) in [6.07, 6.45) is 0.777. The molecule has 2 aromatic heterocycles. The molecule has 1 amide bonds. The van der Waals surface area contributed by atoms with Crippen molar-refractivity contribution < 1.29 is 9.53 Å². The number of methoxy groups -OCH3 is 1. The number of nitrogens with zero attached hydrogens (tertiary/aromatic N) is 3. The third kappa shape index (κ3) is 4.98. The highest BCUT2D eigenvalue weighted by Crippen LogP contribution is 2.31. The molecular formula is C24H27ClN6O3. The van der Waals surface area contributed by atoms with E-state index in [9.17, 15) is 14.9 Å². The number of aryl methyl sites for hydroxylation is 1. The van der Waals surface area contributed by atoms with E-state index in [0.29, 0.717) is 23.7 Å². The highest BCUT2D eigenvalue weighted by atomic mass is 35.5. The van der Waals surface area contributed by atoms with Crippen LogP contribution in [0.5, 0.6) is 0 Å². The van der Waals surface area contributed by atoms with Gasteiger partial charge in [0.15, 0.2) is 0 Å². The van der Waals surface area contributed by atoms with Gasteiger partial charge in [0.05, 0.1) is 23.3 Å². The number of hydrogen-bond donors (Lipinski definition) is 3. The number of carbonyl (C=O) groups excluding carboxylic acids is 1. The number of nitriles is 1. The molecule has 1 aromatic carbocycles. The predicted octanol–water partition coefficient (Wildman–Crippen LogP) is 3.79. The largest absolute Gasteiger partial charge is 0.382 e. The van der Waals surface area contributed by atoms with Crippen molar-refractivity contribution in [3.8, 4) is 6.07 Å². The minimum atomic E-state index is -0.425. The quantitative estimate of drug-likeness (QED) is 0.417. The van der Waals surface area contributed by atoms with Crippen molar-refractivity contribution in [3.05, 3.63) is 57.1 Å². The average Bonchev–Trinajstić information content (AvgIpc) is 2.81. The van der Waals surface area contributed by atoms with Crippen LogP contribution >= 0.6 is 11.6 Å². The summed E-state index contributed by atoms with van der Waals surface area (Å²) in [5, 5.41) is 19.4. The van der Waals surface area contributed by atoms with E-state index in [0.717, 1.165) is 17.3 Å². The fraction of sp³-hybridized carbons (Fsp3) is 0.333. The molecule has 0 radical (unpaired) electrons. The first kappa shape index (κ1) is 25.0. The number of benzene rings is 1. The van der Waals surface area contributed by atoms with Crippen molar-refractivity contribution in [3.63, 3.8) is 0 Å². The second kappa shape index (κ2) is 10.1. The Morgan fingerprint density at radius 1 is 1.29 bits per heavy atom. The minimum absolute atomic E-state index is 0.0741. The summed E-state index contributed by atoms with van der Waals surface area (Å²) in [6, 6.07) is 10.5. The van der Waals surface area contributed by atoms with Gasteiger partial charge in [-0.2, -0.15) is 5.26 Å². The van der Waals surface area contributed by atoms with Gasteiger partial charge in [-0.25, -0.2) is 4.98 Å². The van der Waals surface area contributed by atoms with Crippen LogP contribution in [-0.4, -0.2) is 41.8 Å². The Balaban J connectivity index is 2.14. The van der Waals surface area contributed by atoms with Crippen LogP contribution in [0.1, 0.15) is 36.3 Å². The molecule has 9 nitrogen and oxygen atoms in total. The molecule has 3 aromatic rings. The Kier molecular flexibility index (Phi) is 7.44. The van der Waals surface area contributed by atoms with E-state index in [1.54, 1.807) is 30.9 Å². The molecule has 1 atom stereocenters. The summed E-state index contributed by atoms with van der Waals surface area (Å²) in [4.78, 5) is 28.7. The van der Waals surface area contributed by atoms with Gasteiger partial charge >= 0.3 is 0 Å². The summed E-state index contributed by atoms with van der Waals surface area (Å²) >= 11 is 6.17. The Hall–Kier alpha value is -3.61. The van der Waals surface area contributed by atoms with Crippen LogP contribution in [-0.2, 0) is 11.8 Å². The topological polar surface area (TPSA) is 121 Å². The number of aromatic nitrogens is 2. The number of rotatable bonds is 8. The molecule has 0 aliphatic heterocycles. The smallest absolute Gasteiger partial charge is 0.269 e. The van der Waals surface area contributed by atoms with Crippen LogP contribution < -0.4 is 21.5 Å². The monoisotopic (exact) mass is 482 g/mol. The lowest BCUT2D eigenvalue weighted by Crippen LogP contribution is -2.39. The fourth-order valence-electron chi connectivity index (χ4n) is 3.63. The van der Waals surface area contributed by atoms with Crippen LogP contribution in [0.3, 0.4) is 0 Å². The maximum Gasteiger partial charge on any atom is 0.269 e. The Labute approximate surface area is 202 Å². The van der Waals surface area contributed by atoms with Crippen LogP contribution in [0.25, 0.3) is 10.9 Å². The summed E-state index contributed by atoms with van der Waals surface area (Å²) in [7, 11) is 4.83. The Bertz CT molecular complexity index is 1350. The molecule has 0 aliphatic rings. The van der Waals surface area contributed by atoms with Gasteiger partial charge < -0.3 is 25.3 Å². The first-order chi connectivity index (χ1) is 16.2. The van der Waals surface area contributed by atoms with E-state index in [2.05, 4.69) is 20.9 Å². The second-order valence-corrected chi connectivity index (χ2v) is 8.55. The van der Waals surface area contributed by atoms with Gasteiger partial charge in [-0.1, -0.05) is 18.5 Å². The molecule has 3 rings (SSSR count). The van der Waals surface area contributed by atoms with Gasteiger partial charge in [0.1, 0.15) is 22.5 Å². The maximum absolute atomic E-state index is 12.6. The summed E-state index contributed by atoms with van der Waals surface area (Å²) in [5.74, 6) is -0.425. The molecule has 0 aliphatic carbocycles. The van der Waals surface area contributed by atoms with Gasteiger partial charge in [-0.05, 0) is 37.6 Å². The van der Waals surface area contributed by atoms with Crippen LogP contribution in [0.15, 0.2) is 35.1 Å². The zero-order valence-corrected chi connectivity index (χ0v) is 20.5. The van der Waals surface area contributed by atoms with Crippen molar-refractivity contribution in [2.75, 3.05) is 31.4 Å². The van der Waals surface area contributed by atoms with Gasteiger partial charge in [-0.15, -0.1) is 0 Å². The van der Waals surface area contributed by atoms with Crippen molar-refractivity contribution in [2.45, 2.75) is 25.8 Å². The number of fused-ring (bicyclic) bond motifs is 1. The van der Waals surface area contributed by atoms with Gasteiger partial charge in [-0.3, -0.25) is 9.59 Å². The van der Waals surface area contributed by atoms with E-state index in [-0.39, 0.29) is 27.5 Å². The van der Waals surface area contributed by atoms with E-state index < -0.39 is 5.91 Å². The van der Waals surface area contributed by atoms with Crippen molar-refractivity contribution in [1.82, 2.24) is 14.9 Å². The molecule has 1 unspecified atom stereocenters. The number of carbonyl (C=O) groups is 1. The Morgan fingerprint density at radius 2 is 2.03 bits per heavy atom. The van der Waals surface area contributed by atoms with Crippen LogP contribution in [0, 0.1) is 11.3 Å². The highest BCUT2D eigenvalue weighted by Gasteiger charge is 2.23. The van der Waals surface area contributed by atoms with Crippen molar-refractivity contribution in [2.24, 2.45) is 7.05 Å². The first-order valence-corrected chi connectivity index (χ1v) is 11.0. The molecule has 0 saturated carbocycles. The standard InChI is InChI=1S/C24H27ClN6O3/c1-6-24(2,13-34-5)30-18-11-21(32)31(4)20-8-7-14(9-15(18)20)28-17-10-19(23(33)27-3)29-22(25)16(17)12-26/h7-11,30H,6,13H2,1-5H3,(H,27,33)(H,28,29). The predicted molar refractivity (Wildman–Crippen MR) is 134 cm³/mol. The lowest BCUT2D eigenvalue weighted by molar-refractivity contribution is 0.0958. The molecule has 0 spiro atoms. The number of anilines is 3. The highest BCUT2D eigenvalue weighted by molar-refractivity contribution is 6.31. The Morgan fingerprint density at radius 3 is 2.65 bits per heavy atom. The molecule has 10 heteroatoms. The van der Waals surface area contributed by atoms with E-state index in [1.165, 1.54) is 13.1 Å². The SMILES string of the molecule is CCC(C)(COC)Nc1cc(=O)n(C)c2ccc(Nc3cc(C(=O)NC)nc(Cl)c3C#N)cc12. The van der Waals surface area contributed by atoms with E-state index in [4.69, 9.17) is 16.3 Å². The molecule has 178 valence electrons. The van der Waals surface area contributed by atoms with Gasteiger partial charge in [0.2, 0.25) is 0 Å². The molecule has 34 heavy (non-hydrogen) atoms. The molecule has 0 fully saturated rings. The number of ether oxygens (including phenoxy) is 1. The maximum atomic E-state index is 12.6. The normalized spacial score (nSPS) is 12.6. The third-order valence-electron chi connectivity index (χ3n) is 5.75. The molecular weight excluding hydrogens is 456 g/mol. The number of nitrogens with one attached hydrogen (secondary N) is 3. The van der Waals surface area contributed by atoms with Crippen molar-refractivity contribution in [1.29, 1.82) is 5.26 Å². The molecule has 0 saturated heterocycles. The zero-order valence-electron chi connectivity index (χ0n) is 19.7. The zero-order chi connectivity index (χ0) is 25.0. The average molecular weight is 483 g/mol. The molecule has 3 N–H and O–H groups in total. The summed E-state index contributed by atoms with van der Waals surface area (Å²) < 4.78 is 6.94. The first-order valence-electron chi connectivity index (χ1n) is 10.7. The lowest BCUT2D eigenvalue weighted by Gasteiger charge is -2.30. The second-order valence-electron chi connectivity index (χ2n) is 8.20. The van der Waals surface area contributed by atoms with Gasteiger partial charge in [0, 0.05) is 44.0 Å². The molecule has 0 bridgehead atoms. The number of halogens is 1. The van der Waals surface area contributed by atoms with E-state index >= 15 is 0 Å². The van der Waals surface area contributed by atoms with Crippen molar-refractivity contribution >= 4 is 45.5 Å². The lowest BCUT2D eigenvalue weighted by atomic mass is 9.99. The van der Waals surface area contributed by atoms with Crippen LogP contribution in [0.2, 0.25) is 5.15 Å². The molecule has 2 heterocycles. The third-order valence-corrected chi connectivity index (χ3v) is 6.03. The minimum Gasteiger partial charge on any atom is -0.382 e. The van der Waals surface area contributed by atoms with Crippen LogP contribution in [0.4, 0.5) is 17.1 Å². The number of hydrogen-bond acceptors (Lipinski definition) is 7. The summed E-state index contributed by atoms with van der Waals surface area (Å²) in [6.45, 7) is 4.53. The van der Waals surface area contributed by atoms with E-state index in [1.807, 2.05) is 32.0 Å². The fourth-order valence-corrected chi connectivity index (χ4v) is 3.87. The summed E-state index contributed by atoms with van der Waals surface area (Å²) in [5.41, 5.74) is 2.06. The van der Waals surface area contributed by atoms with Gasteiger partial charge in [0.25, 0.3) is 11.5 Å².